The summed E-state index contributed by atoms with van der Waals surface area (Å²) in [6.07, 6.45) is 0. The van der Waals surface area contributed by atoms with Crippen molar-refractivity contribution in [3.8, 4) is 23.0 Å². The number of carbonyl (C=O) groups is 1. The lowest BCUT2D eigenvalue weighted by Crippen LogP contribution is -2.00. The maximum absolute atomic E-state index is 10.9. The van der Waals surface area contributed by atoms with Crippen LogP contribution in [0, 0.1) is 0 Å². The second-order valence-corrected chi connectivity index (χ2v) is 4.09. The molecule has 0 saturated carbocycles. The van der Waals surface area contributed by atoms with Crippen molar-refractivity contribution in [3.63, 3.8) is 0 Å². The van der Waals surface area contributed by atoms with E-state index in [1.165, 1.54) is 36.4 Å². The predicted molar refractivity (Wildman–Crippen MR) is 69.2 cm³/mol. The summed E-state index contributed by atoms with van der Waals surface area (Å²) in [7, 11) is 0. The minimum atomic E-state index is -1.27. The summed E-state index contributed by atoms with van der Waals surface area (Å²) in [5.41, 5.74) is 0.0811. The molecule has 0 amide bonds. The Morgan fingerprint density at radius 3 is 2.40 bits per heavy atom. The molecule has 6 nitrogen and oxygen atoms in total. The van der Waals surface area contributed by atoms with Crippen molar-refractivity contribution in [2.24, 2.45) is 0 Å². The number of rotatable bonds is 4. The Bertz CT molecular complexity index is 650. The van der Waals surface area contributed by atoms with E-state index in [9.17, 15) is 20.1 Å². The SMILES string of the molecule is O=C(O)c1cc(OCc2cc(O)ccc2O)ccc1O. The van der Waals surface area contributed by atoms with Crippen molar-refractivity contribution in [3.05, 3.63) is 47.5 Å². The van der Waals surface area contributed by atoms with E-state index in [1.54, 1.807) is 0 Å². The van der Waals surface area contributed by atoms with Crippen LogP contribution in [-0.2, 0) is 6.61 Å². The van der Waals surface area contributed by atoms with E-state index < -0.39 is 5.97 Å². The van der Waals surface area contributed by atoms with Gasteiger partial charge in [0.1, 0.15) is 35.2 Å². The Kier molecular flexibility index (Phi) is 3.65. The molecule has 0 spiro atoms. The Hall–Kier alpha value is -2.89. The Balaban J connectivity index is 2.17. The molecule has 6 heteroatoms. The zero-order valence-corrected chi connectivity index (χ0v) is 10.3. The van der Waals surface area contributed by atoms with Crippen LogP contribution in [0.25, 0.3) is 0 Å². The lowest BCUT2D eigenvalue weighted by molar-refractivity contribution is 0.0693. The quantitative estimate of drug-likeness (QED) is 0.637. The minimum absolute atomic E-state index is 0.0154. The summed E-state index contributed by atoms with van der Waals surface area (Å²) in [6.45, 7) is -0.0515. The largest absolute Gasteiger partial charge is 0.508 e. The number of phenols is 3. The van der Waals surface area contributed by atoms with Gasteiger partial charge in [-0.3, -0.25) is 0 Å². The molecule has 0 heterocycles. The number of carboxylic acid groups (broad SMARTS) is 1. The van der Waals surface area contributed by atoms with Gasteiger partial charge in [-0.2, -0.15) is 0 Å². The molecule has 4 N–H and O–H groups in total. The molecule has 0 atom stereocenters. The fourth-order valence-corrected chi connectivity index (χ4v) is 1.62. The van der Waals surface area contributed by atoms with Crippen LogP contribution in [0.5, 0.6) is 23.0 Å². The second-order valence-electron chi connectivity index (χ2n) is 4.09. The molecule has 0 aromatic heterocycles. The first-order chi connectivity index (χ1) is 9.47. The van der Waals surface area contributed by atoms with Gasteiger partial charge in [0, 0.05) is 5.56 Å². The fraction of sp³-hybridized carbons (Fsp3) is 0.0714. The number of hydrogen-bond acceptors (Lipinski definition) is 5. The molecule has 104 valence electrons. The standard InChI is InChI=1S/C14H12O6/c15-9-1-3-12(16)8(5-9)7-20-10-2-4-13(17)11(6-10)14(18)19/h1-6,15-17H,7H2,(H,18,19). The first-order valence-corrected chi connectivity index (χ1v) is 5.67. The molecule has 0 fully saturated rings. The molecule has 20 heavy (non-hydrogen) atoms. The smallest absolute Gasteiger partial charge is 0.339 e. The van der Waals surface area contributed by atoms with Crippen molar-refractivity contribution < 1.29 is 30.0 Å². The van der Waals surface area contributed by atoms with E-state index in [-0.39, 0.29) is 35.2 Å². The minimum Gasteiger partial charge on any atom is -0.508 e. The molecule has 0 bridgehead atoms. The lowest BCUT2D eigenvalue weighted by atomic mass is 10.2. The highest BCUT2D eigenvalue weighted by Crippen LogP contribution is 2.26. The number of phenolic OH excluding ortho intramolecular Hbond substituents is 2. The van der Waals surface area contributed by atoms with Gasteiger partial charge in [0.2, 0.25) is 0 Å². The van der Waals surface area contributed by atoms with E-state index in [0.717, 1.165) is 0 Å². The zero-order valence-electron chi connectivity index (χ0n) is 10.3. The van der Waals surface area contributed by atoms with Crippen LogP contribution < -0.4 is 4.74 Å². The summed E-state index contributed by atoms with van der Waals surface area (Å²) < 4.78 is 5.33. The van der Waals surface area contributed by atoms with Crippen LogP contribution in [0.3, 0.4) is 0 Å². The Morgan fingerprint density at radius 2 is 1.70 bits per heavy atom. The van der Waals surface area contributed by atoms with E-state index >= 15 is 0 Å². The average Bonchev–Trinajstić information content (AvgIpc) is 2.41. The third-order valence-corrected chi connectivity index (χ3v) is 2.66. The topological polar surface area (TPSA) is 107 Å². The summed E-state index contributed by atoms with van der Waals surface area (Å²) in [4.78, 5) is 10.9. The van der Waals surface area contributed by atoms with E-state index in [4.69, 9.17) is 9.84 Å². The molecule has 2 rings (SSSR count). The first kappa shape index (κ1) is 13.5. The molecule has 0 aliphatic carbocycles. The number of benzene rings is 2. The van der Waals surface area contributed by atoms with Gasteiger partial charge in [-0.05, 0) is 36.4 Å². The van der Waals surface area contributed by atoms with Crippen LogP contribution in [0.4, 0.5) is 0 Å². The summed E-state index contributed by atoms with van der Waals surface area (Å²) in [6, 6.07) is 7.80. The molecule has 2 aromatic rings. The number of hydrogen-bond donors (Lipinski definition) is 4. The zero-order chi connectivity index (χ0) is 14.7. The number of carboxylic acids is 1. The average molecular weight is 276 g/mol. The predicted octanol–water partition coefficient (Wildman–Crippen LogP) is 2.08. The first-order valence-electron chi connectivity index (χ1n) is 5.67. The van der Waals surface area contributed by atoms with Gasteiger partial charge >= 0.3 is 5.97 Å². The van der Waals surface area contributed by atoms with Gasteiger partial charge in [-0.1, -0.05) is 0 Å². The number of aromatic carboxylic acids is 1. The molecular formula is C14H12O6. The second kappa shape index (κ2) is 5.40. The molecule has 0 saturated heterocycles. The van der Waals surface area contributed by atoms with Crippen LogP contribution in [-0.4, -0.2) is 26.4 Å². The molecule has 0 aliphatic rings. The van der Waals surface area contributed by atoms with E-state index in [1.807, 2.05) is 0 Å². The van der Waals surface area contributed by atoms with Crippen molar-refractivity contribution in [1.29, 1.82) is 0 Å². The van der Waals surface area contributed by atoms with Crippen molar-refractivity contribution in [2.45, 2.75) is 6.61 Å². The van der Waals surface area contributed by atoms with E-state index in [2.05, 4.69) is 0 Å². The van der Waals surface area contributed by atoms with Crippen molar-refractivity contribution in [1.82, 2.24) is 0 Å². The molecule has 0 unspecified atom stereocenters. The van der Waals surface area contributed by atoms with Crippen LogP contribution >= 0.6 is 0 Å². The third-order valence-electron chi connectivity index (χ3n) is 2.66. The normalized spacial score (nSPS) is 10.2. The Morgan fingerprint density at radius 1 is 1.00 bits per heavy atom. The summed E-state index contributed by atoms with van der Waals surface area (Å²) >= 11 is 0. The van der Waals surface area contributed by atoms with Crippen molar-refractivity contribution in [2.75, 3.05) is 0 Å². The third kappa shape index (κ3) is 2.92. The molecular weight excluding hydrogens is 264 g/mol. The highest BCUT2D eigenvalue weighted by molar-refractivity contribution is 5.91. The van der Waals surface area contributed by atoms with Gasteiger partial charge in [0.15, 0.2) is 0 Å². The molecule has 2 aromatic carbocycles. The van der Waals surface area contributed by atoms with Gasteiger partial charge in [-0.15, -0.1) is 0 Å². The van der Waals surface area contributed by atoms with Gasteiger partial charge < -0.3 is 25.2 Å². The van der Waals surface area contributed by atoms with Crippen LogP contribution in [0.2, 0.25) is 0 Å². The fourth-order valence-electron chi connectivity index (χ4n) is 1.62. The summed E-state index contributed by atoms with van der Waals surface area (Å²) in [5.74, 6) is -1.46. The van der Waals surface area contributed by atoms with Gasteiger partial charge in [0.25, 0.3) is 0 Å². The highest BCUT2D eigenvalue weighted by atomic mass is 16.5. The van der Waals surface area contributed by atoms with Crippen LogP contribution in [0.15, 0.2) is 36.4 Å². The highest BCUT2D eigenvalue weighted by Gasteiger charge is 2.11. The lowest BCUT2D eigenvalue weighted by Gasteiger charge is -2.09. The van der Waals surface area contributed by atoms with E-state index in [0.29, 0.717) is 5.56 Å². The maximum atomic E-state index is 10.9. The van der Waals surface area contributed by atoms with Gasteiger partial charge in [0.05, 0.1) is 0 Å². The van der Waals surface area contributed by atoms with Gasteiger partial charge in [-0.25, -0.2) is 4.79 Å². The molecule has 0 radical (unpaired) electrons. The maximum Gasteiger partial charge on any atom is 0.339 e. The van der Waals surface area contributed by atoms with Crippen molar-refractivity contribution >= 4 is 5.97 Å². The monoisotopic (exact) mass is 276 g/mol. The number of ether oxygens (including phenoxy) is 1. The molecule has 0 aliphatic heterocycles. The Labute approximate surface area is 114 Å². The number of aromatic hydroxyl groups is 3. The summed E-state index contributed by atoms with van der Waals surface area (Å²) in [5, 5.41) is 37.1. The van der Waals surface area contributed by atoms with Crippen LogP contribution in [0.1, 0.15) is 15.9 Å².